The van der Waals surface area contributed by atoms with E-state index in [0.717, 1.165) is 19.8 Å². The summed E-state index contributed by atoms with van der Waals surface area (Å²) in [5, 5.41) is 0. The summed E-state index contributed by atoms with van der Waals surface area (Å²) in [5.74, 6) is 0.658. The van der Waals surface area contributed by atoms with Crippen molar-refractivity contribution in [3.05, 3.63) is 0 Å². The van der Waals surface area contributed by atoms with E-state index >= 15 is 0 Å². The third-order valence-corrected chi connectivity index (χ3v) is 3.18. The molecule has 1 aliphatic heterocycles. The first-order chi connectivity index (χ1) is 6.95. The van der Waals surface area contributed by atoms with Gasteiger partial charge in [-0.15, -0.1) is 0 Å². The molecule has 14 heavy (non-hydrogen) atoms. The van der Waals surface area contributed by atoms with E-state index in [1.807, 2.05) is 0 Å². The van der Waals surface area contributed by atoms with Gasteiger partial charge in [0, 0.05) is 13.2 Å². The molecular formula is C11H21NO2. The summed E-state index contributed by atoms with van der Waals surface area (Å²) < 4.78 is 5.41. The standard InChI is InChI=1S/C11H21NO2/c1-2-6-11(5-1)14-12-8-10-4-3-7-13-9-10/h10-12H,1-9H2. The number of rotatable bonds is 4. The molecule has 3 heteroatoms. The summed E-state index contributed by atoms with van der Waals surface area (Å²) in [6.45, 7) is 2.80. The molecule has 82 valence electrons. The minimum atomic E-state index is 0.472. The van der Waals surface area contributed by atoms with Crippen molar-refractivity contribution in [1.29, 1.82) is 0 Å². The largest absolute Gasteiger partial charge is 0.381 e. The highest BCUT2D eigenvalue weighted by molar-refractivity contribution is 4.67. The molecule has 0 aromatic carbocycles. The Balaban J connectivity index is 1.52. The maximum absolute atomic E-state index is 5.60. The summed E-state index contributed by atoms with van der Waals surface area (Å²) in [5.41, 5.74) is 3.12. The molecule has 1 N–H and O–H groups in total. The van der Waals surface area contributed by atoms with Gasteiger partial charge in [0.2, 0.25) is 0 Å². The number of ether oxygens (including phenoxy) is 1. The van der Waals surface area contributed by atoms with Crippen molar-refractivity contribution < 1.29 is 9.57 Å². The Morgan fingerprint density at radius 3 is 2.71 bits per heavy atom. The highest BCUT2D eigenvalue weighted by Crippen LogP contribution is 2.20. The van der Waals surface area contributed by atoms with Gasteiger partial charge in [0.1, 0.15) is 0 Å². The summed E-state index contributed by atoms with van der Waals surface area (Å²) in [4.78, 5) is 5.60. The summed E-state index contributed by atoms with van der Waals surface area (Å²) >= 11 is 0. The molecule has 0 radical (unpaired) electrons. The number of nitrogens with one attached hydrogen (secondary N) is 1. The van der Waals surface area contributed by atoms with E-state index in [2.05, 4.69) is 5.48 Å². The minimum absolute atomic E-state index is 0.472. The van der Waals surface area contributed by atoms with Crippen LogP contribution in [0.1, 0.15) is 38.5 Å². The highest BCUT2D eigenvalue weighted by Gasteiger charge is 2.17. The van der Waals surface area contributed by atoms with Gasteiger partial charge in [0.05, 0.1) is 12.7 Å². The third kappa shape index (κ3) is 3.23. The second kappa shape index (κ2) is 5.69. The van der Waals surface area contributed by atoms with Gasteiger partial charge >= 0.3 is 0 Å². The lowest BCUT2D eigenvalue weighted by Crippen LogP contribution is -2.31. The zero-order valence-electron chi connectivity index (χ0n) is 8.84. The van der Waals surface area contributed by atoms with Crippen LogP contribution in [0.2, 0.25) is 0 Å². The maximum atomic E-state index is 5.60. The van der Waals surface area contributed by atoms with E-state index in [1.165, 1.54) is 38.5 Å². The van der Waals surface area contributed by atoms with E-state index in [9.17, 15) is 0 Å². The molecule has 1 aliphatic carbocycles. The molecule has 0 bridgehead atoms. The van der Waals surface area contributed by atoms with E-state index < -0.39 is 0 Å². The van der Waals surface area contributed by atoms with Crippen molar-refractivity contribution in [3.8, 4) is 0 Å². The van der Waals surface area contributed by atoms with Gasteiger partial charge in [0.25, 0.3) is 0 Å². The molecule has 0 aromatic rings. The van der Waals surface area contributed by atoms with Gasteiger partial charge in [-0.3, -0.25) is 4.84 Å². The first-order valence-electron chi connectivity index (χ1n) is 5.91. The summed E-state index contributed by atoms with van der Waals surface area (Å²) in [6.07, 6.45) is 8.08. The average Bonchev–Trinajstić information content (AvgIpc) is 2.72. The molecule has 1 atom stereocenters. The van der Waals surface area contributed by atoms with E-state index in [0.29, 0.717) is 12.0 Å². The van der Waals surface area contributed by atoms with Gasteiger partial charge in [-0.1, -0.05) is 12.8 Å². The zero-order valence-corrected chi connectivity index (χ0v) is 8.84. The molecule has 1 saturated carbocycles. The quantitative estimate of drug-likeness (QED) is 0.701. The first kappa shape index (κ1) is 10.4. The Bertz CT molecular complexity index is 151. The third-order valence-electron chi connectivity index (χ3n) is 3.18. The van der Waals surface area contributed by atoms with Gasteiger partial charge in [-0.25, -0.2) is 5.48 Å². The topological polar surface area (TPSA) is 30.5 Å². The Morgan fingerprint density at radius 1 is 1.14 bits per heavy atom. The molecule has 3 nitrogen and oxygen atoms in total. The molecule has 2 fully saturated rings. The molecule has 2 aliphatic rings. The maximum Gasteiger partial charge on any atom is 0.0790 e. The van der Waals surface area contributed by atoms with Crippen molar-refractivity contribution in [2.45, 2.75) is 44.6 Å². The lowest BCUT2D eigenvalue weighted by Gasteiger charge is -2.22. The van der Waals surface area contributed by atoms with E-state index in [-0.39, 0.29) is 0 Å². The van der Waals surface area contributed by atoms with Crippen molar-refractivity contribution in [3.63, 3.8) is 0 Å². The Labute approximate surface area is 86.1 Å². The lowest BCUT2D eigenvalue weighted by atomic mass is 10.0. The zero-order chi connectivity index (χ0) is 9.64. The SMILES string of the molecule is C1COCC(CNOC2CCCC2)C1. The van der Waals surface area contributed by atoms with Crippen LogP contribution < -0.4 is 5.48 Å². The van der Waals surface area contributed by atoms with E-state index in [1.54, 1.807) is 0 Å². The van der Waals surface area contributed by atoms with Gasteiger partial charge < -0.3 is 4.74 Å². The number of hydrogen-bond acceptors (Lipinski definition) is 3. The molecule has 1 saturated heterocycles. The van der Waals surface area contributed by atoms with Crippen molar-refractivity contribution in [2.24, 2.45) is 5.92 Å². The fourth-order valence-electron chi connectivity index (χ4n) is 2.26. The van der Waals surface area contributed by atoms with Crippen LogP contribution in [0.3, 0.4) is 0 Å². The molecule has 2 rings (SSSR count). The van der Waals surface area contributed by atoms with Crippen molar-refractivity contribution in [2.75, 3.05) is 19.8 Å². The normalized spacial score (nSPS) is 29.6. The van der Waals surface area contributed by atoms with Crippen LogP contribution in [-0.4, -0.2) is 25.9 Å². The van der Waals surface area contributed by atoms with Crippen LogP contribution in [0.25, 0.3) is 0 Å². The van der Waals surface area contributed by atoms with Crippen LogP contribution in [0.5, 0.6) is 0 Å². The summed E-state index contributed by atoms with van der Waals surface area (Å²) in [7, 11) is 0. The smallest absolute Gasteiger partial charge is 0.0790 e. The Kier molecular flexibility index (Phi) is 4.22. The average molecular weight is 199 g/mol. The van der Waals surface area contributed by atoms with Crippen LogP contribution >= 0.6 is 0 Å². The first-order valence-corrected chi connectivity index (χ1v) is 5.91. The number of hydroxylamine groups is 1. The fraction of sp³-hybridized carbons (Fsp3) is 1.00. The van der Waals surface area contributed by atoms with Crippen LogP contribution in [0.15, 0.2) is 0 Å². The van der Waals surface area contributed by atoms with Gasteiger partial charge in [-0.2, -0.15) is 0 Å². The number of hydrogen-bond donors (Lipinski definition) is 1. The second-order valence-electron chi connectivity index (χ2n) is 4.46. The molecule has 0 spiro atoms. The second-order valence-corrected chi connectivity index (χ2v) is 4.46. The Hall–Kier alpha value is -0.120. The van der Waals surface area contributed by atoms with Crippen LogP contribution in [0.4, 0.5) is 0 Å². The Morgan fingerprint density at radius 2 is 2.00 bits per heavy atom. The van der Waals surface area contributed by atoms with Gasteiger partial charge in [-0.05, 0) is 31.6 Å². The highest BCUT2D eigenvalue weighted by atomic mass is 16.7. The summed E-state index contributed by atoms with van der Waals surface area (Å²) in [6, 6.07) is 0. The van der Waals surface area contributed by atoms with Crippen LogP contribution in [-0.2, 0) is 9.57 Å². The fourth-order valence-corrected chi connectivity index (χ4v) is 2.26. The lowest BCUT2D eigenvalue weighted by molar-refractivity contribution is -0.0401. The predicted octanol–water partition coefficient (Wildman–Crippen LogP) is 1.88. The van der Waals surface area contributed by atoms with Crippen molar-refractivity contribution in [1.82, 2.24) is 5.48 Å². The molecule has 0 aromatic heterocycles. The minimum Gasteiger partial charge on any atom is -0.381 e. The predicted molar refractivity (Wildman–Crippen MR) is 54.9 cm³/mol. The molecular weight excluding hydrogens is 178 g/mol. The monoisotopic (exact) mass is 199 g/mol. The van der Waals surface area contributed by atoms with Crippen LogP contribution in [0, 0.1) is 5.92 Å². The van der Waals surface area contributed by atoms with E-state index in [4.69, 9.17) is 9.57 Å². The molecule has 1 heterocycles. The van der Waals surface area contributed by atoms with Crippen molar-refractivity contribution >= 4 is 0 Å². The molecule has 1 unspecified atom stereocenters. The molecule has 0 amide bonds. The van der Waals surface area contributed by atoms with Gasteiger partial charge in [0.15, 0.2) is 0 Å².